The lowest BCUT2D eigenvalue weighted by molar-refractivity contribution is -0.122. The van der Waals surface area contributed by atoms with Crippen LogP contribution >= 0.6 is 12.4 Å². The number of benzene rings is 1. The minimum atomic E-state index is -0.342. The van der Waals surface area contributed by atoms with Gasteiger partial charge in [0.2, 0.25) is 5.91 Å². The van der Waals surface area contributed by atoms with E-state index in [-0.39, 0.29) is 30.0 Å². The predicted octanol–water partition coefficient (Wildman–Crippen LogP) is 1.58. The summed E-state index contributed by atoms with van der Waals surface area (Å²) < 4.78 is 18.5. The number of amides is 1. The molecule has 1 unspecified atom stereocenters. The van der Waals surface area contributed by atoms with Crippen LogP contribution < -0.4 is 15.0 Å². The van der Waals surface area contributed by atoms with Crippen molar-refractivity contribution in [1.29, 1.82) is 0 Å². The highest BCUT2D eigenvalue weighted by molar-refractivity contribution is 5.97. The van der Waals surface area contributed by atoms with Crippen LogP contribution in [-0.2, 0) is 4.79 Å². The highest BCUT2D eigenvalue weighted by atomic mass is 35.5. The van der Waals surface area contributed by atoms with Crippen LogP contribution in [-0.4, -0.2) is 32.1 Å². The molecule has 2 aliphatic heterocycles. The van der Waals surface area contributed by atoms with Crippen LogP contribution in [0.1, 0.15) is 6.42 Å². The Bertz CT molecular complexity index is 478. The highest BCUT2D eigenvalue weighted by Crippen LogP contribution is 2.33. The molecule has 0 saturated carbocycles. The van der Waals surface area contributed by atoms with Gasteiger partial charge in [-0.3, -0.25) is 4.79 Å². The van der Waals surface area contributed by atoms with Gasteiger partial charge in [0, 0.05) is 12.6 Å². The number of anilines is 1. The number of nitrogens with one attached hydrogen (secondary N) is 1. The average Bonchev–Trinajstić information content (AvgIpc) is 2.90. The van der Waals surface area contributed by atoms with Crippen LogP contribution in [0.4, 0.5) is 10.1 Å². The second-order valence-corrected chi connectivity index (χ2v) is 4.64. The maximum atomic E-state index is 13.1. The molecule has 104 valence electrons. The summed E-state index contributed by atoms with van der Waals surface area (Å²) in [7, 11) is 0. The van der Waals surface area contributed by atoms with Crippen molar-refractivity contribution in [2.45, 2.75) is 6.42 Å². The number of hydrogen-bond acceptors (Lipinski definition) is 3. The van der Waals surface area contributed by atoms with Gasteiger partial charge in [-0.2, -0.15) is 0 Å². The molecule has 0 aromatic heterocycles. The number of rotatable bonds is 1. The molecule has 1 N–H and O–H groups in total. The van der Waals surface area contributed by atoms with Gasteiger partial charge in [-0.25, -0.2) is 4.39 Å². The van der Waals surface area contributed by atoms with Crippen molar-refractivity contribution in [2.24, 2.45) is 5.92 Å². The summed E-state index contributed by atoms with van der Waals surface area (Å²) in [6.45, 7) is 2.57. The first-order valence-corrected chi connectivity index (χ1v) is 6.20. The van der Waals surface area contributed by atoms with E-state index in [0.29, 0.717) is 24.6 Å². The van der Waals surface area contributed by atoms with Crippen molar-refractivity contribution in [2.75, 3.05) is 31.1 Å². The maximum Gasteiger partial charge on any atom is 0.231 e. The number of hydrogen-bond donors (Lipinski definition) is 1. The van der Waals surface area contributed by atoms with Gasteiger partial charge in [0.15, 0.2) is 0 Å². The van der Waals surface area contributed by atoms with Gasteiger partial charge in [0.1, 0.15) is 18.2 Å². The minimum Gasteiger partial charge on any atom is -0.489 e. The van der Waals surface area contributed by atoms with Crippen molar-refractivity contribution in [1.82, 2.24) is 5.32 Å². The molecule has 1 fully saturated rings. The first kappa shape index (κ1) is 14.1. The molecule has 0 aliphatic carbocycles. The molecule has 6 heteroatoms. The van der Waals surface area contributed by atoms with Crippen molar-refractivity contribution < 1.29 is 13.9 Å². The zero-order valence-electron chi connectivity index (χ0n) is 10.4. The molecule has 1 atom stereocenters. The first-order valence-electron chi connectivity index (χ1n) is 6.20. The Morgan fingerprint density at radius 1 is 1.47 bits per heavy atom. The third-order valence-electron chi connectivity index (χ3n) is 3.46. The van der Waals surface area contributed by atoms with Gasteiger partial charge in [-0.15, -0.1) is 12.4 Å². The Labute approximate surface area is 117 Å². The van der Waals surface area contributed by atoms with Gasteiger partial charge >= 0.3 is 0 Å². The van der Waals surface area contributed by atoms with Crippen molar-refractivity contribution in [3.8, 4) is 5.75 Å². The highest BCUT2D eigenvalue weighted by Gasteiger charge is 2.31. The molecule has 0 bridgehead atoms. The summed E-state index contributed by atoms with van der Waals surface area (Å²) >= 11 is 0. The lowest BCUT2D eigenvalue weighted by Crippen LogP contribution is -2.42. The first-order chi connectivity index (χ1) is 8.75. The molecule has 0 radical (unpaired) electrons. The van der Waals surface area contributed by atoms with Crippen molar-refractivity contribution in [3.05, 3.63) is 24.0 Å². The normalized spacial score (nSPS) is 21.3. The molecule has 1 amide bonds. The lowest BCUT2D eigenvalue weighted by atomic mass is 10.1. The van der Waals surface area contributed by atoms with Crippen LogP contribution in [0.25, 0.3) is 0 Å². The van der Waals surface area contributed by atoms with Crippen LogP contribution in [0.2, 0.25) is 0 Å². The molecule has 2 heterocycles. The third kappa shape index (κ3) is 2.67. The molecule has 1 aromatic rings. The van der Waals surface area contributed by atoms with Crippen molar-refractivity contribution in [3.63, 3.8) is 0 Å². The second kappa shape index (κ2) is 5.75. The van der Waals surface area contributed by atoms with E-state index in [1.54, 1.807) is 11.0 Å². The number of halogens is 2. The molecule has 4 nitrogen and oxygen atoms in total. The fraction of sp³-hybridized carbons (Fsp3) is 0.462. The standard InChI is InChI=1S/C13H15FN2O2.ClH/c14-10-1-2-11-12(7-10)18-6-5-16(11)13(17)9-3-4-15-8-9;/h1-2,7,9,15H,3-6,8H2;1H. The molecule has 1 aromatic carbocycles. The molecular weight excluding hydrogens is 271 g/mol. The minimum absolute atomic E-state index is 0. The quantitative estimate of drug-likeness (QED) is 0.852. The van der Waals surface area contributed by atoms with Gasteiger partial charge in [0.25, 0.3) is 0 Å². The van der Waals surface area contributed by atoms with E-state index in [1.807, 2.05) is 0 Å². The maximum absolute atomic E-state index is 13.1. The Morgan fingerprint density at radius 2 is 2.32 bits per heavy atom. The van der Waals surface area contributed by atoms with Crippen LogP contribution in [0.3, 0.4) is 0 Å². The largest absolute Gasteiger partial charge is 0.489 e. The number of carbonyl (C=O) groups is 1. The van der Waals surface area contributed by atoms with Gasteiger partial charge in [-0.05, 0) is 25.1 Å². The molecule has 1 saturated heterocycles. The Kier molecular flexibility index (Phi) is 4.27. The number of carbonyl (C=O) groups excluding carboxylic acids is 1. The number of nitrogens with zero attached hydrogens (tertiary/aromatic N) is 1. The summed E-state index contributed by atoms with van der Waals surface area (Å²) in [5.41, 5.74) is 0.680. The zero-order valence-corrected chi connectivity index (χ0v) is 11.2. The van der Waals surface area contributed by atoms with E-state index in [2.05, 4.69) is 5.32 Å². The van der Waals surface area contributed by atoms with Crippen LogP contribution in [0, 0.1) is 11.7 Å². The van der Waals surface area contributed by atoms with E-state index in [0.717, 1.165) is 19.5 Å². The summed E-state index contributed by atoms with van der Waals surface area (Å²) in [5.74, 6) is 0.253. The van der Waals surface area contributed by atoms with Crippen LogP contribution in [0.5, 0.6) is 5.75 Å². The van der Waals surface area contributed by atoms with Crippen molar-refractivity contribution >= 4 is 24.0 Å². The molecule has 19 heavy (non-hydrogen) atoms. The zero-order chi connectivity index (χ0) is 12.5. The van der Waals surface area contributed by atoms with E-state index in [9.17, 15) is 9.18 Å². The summed E-state index contributed by atoms with van der Waals surface area (Å²) in [6.07, 6.45) is 0.868. The smallest absolute Gasteiger partial charge is 0.231 e. The fourth-order valence-corrected chi connectivity index (χ4v) is 2.51. The van der Waals surface area contributed by atoms with E-state index >= 15 is 0 Å². The second-order valence-electron chi connectivity index (χ2n) is 4.64. The summed E-state index contributed by atoms with van der Waals surface area (Å²) in [6, 6.07) is 4.31. The molecule has 0 spiro atoms. The van der Waals surface area contributed by atoms with Gasteiger partial charge in [-0.1, -0.05) is 0 Å². The topological polar surface area (TPSA) is 41.6 Å². The number of fused-ring (bicyclic) bond motifs is 1. The third-order valence-corrected chi connectivity index (χ3v) is 3.46. The average molecular weight is 287 g/mol. The summed E-state index contributed by atoms with van der Waals surface area (Å²) in [4.78, 5) is 14.1. The van der Waals surface area contributed by atoms with E-state index in [4.69, 9.17) is 4.74 Å². The number of ether oxygens (including phenoxy) is 1. The predicted molar refractivity (Wildman–Crippen MR) is 72.5 cm³/mol. The fourth-order valence-electron chi connectivity index (χ4n) is 2.51. The molecule has 2 aliphatic rings. The van der Waals surface area contributed by atoms with Crippen LogP contribution in [0.15, 0.2) is 18.2 Å². The Hall–Kier alpha value is -1.33. The van der Waals surface area contributed by atoms with Gasteiger partial charge in [0.05, 0.1) is 18.2 Å². The monoisotopic (exact) mass is 286 g/mol. The molecule has 3 rings (SSSR count). The van der Waals surface area contributed by atoms with E-state index in [1.165, 1.54) is 12.1 Å². The van der Waals surface area contributed by atoms with Gasteiger partial charge < -0.3 is 15.0 Å². The Morgan fingerprint density at radius 3 is 3.05 bits per heavy atom. The summed E-state index contributed by atoms with van der Waals surface area (Å²) in [5, 5.41) is 3.19. The SMILES string of the molecule is Cl.O=C(C1CCNC1)N1CCOc2cc(F)ccc21. The lowest BCUT2D eigenvalue weighted by Gasteiger charge is -2.31. The van der Waals surface area contributed by atoms with E-state index < -0.39 is 0 Å². The molecular formula is C13H16ClFN2O2. The Balaban J connectivity index is 0.00000133.